The second-order valence-corrected chi connectivity index (χ2v) is 4.38. The lowest BCUT2D eigenvalue weighted by Crippen LogP contribution is -2.33. The Kier molecular flexibility index (Phi) is 6.58. The highest BCUT2D eigenvalue weighted by Gasteiger charge is 2.13. The Morgan fingerprint density at radius 3 is 2.72 bits per heavy atom. The SMILES string of the molecule is CCN(CCCCl)C(=O)Cc1ccccc1OC. The largest absolute Gasteiger partial charge is 0.496 e. The predicted octanol–water partition coefficient (Wildman–Crippen LogP) is 2.72. The van der Waals surface area contributed by atoms with E-state index in [-0.39, 0.29) is 5.91 Å². The molecule has 1 rings (SSSR count). The van der Waals surface area contributed by atoms with Crippen LogP contribution < -0.4 is 4.74 Å². The number of rotatable bonds is 7. The summed E-state index contributed by atoms with van der Waals surface area (Å²) in [5.41, 5.74) is 0.925. The summed E-state index contributed by atoms with van der Waals surface area (Å²) in [6.45, 7) is 3.41. The molecule has 18 heavy (non-hydrogen) atoms. The van der Waals surface area contributed by atoms with Crippen molar-refractivity contribution in [3.05, 3.63) is 29.8 Å². The average molecular weight is 270 g/mol. The molecule has 100 valence electrons. The van der Waals surface area contributed by atoms with Crippen LogP contribution in [0.25, 0.3) is 0 Å². The highest BCUT2D eigenvalue weighted by Crippen LogP contribution is 2.18. The Labute approximate surface area is 114 Å². The van der Waals surface area contributed by atoms with Gasteiger partial charge in [-0.15, -0.1) is 11.6 Å². The molecule has 4 heteroatoms. The number of carbonyl (C=O) groups excluding carboxylic acids is 1. The maximum atomic E-state index is 12.1. The molecule has 0 aliphatic rings. The maximum Gasteiger partial charge on any atom is 0.227 e. The van der Waals surface area contributed by atoms with Crippen LogP contribution >= 0.6 is 11.6 Å². The van der Waals surface area contributed by atoms with Gasteiger partial charge in [-0.25, -0.2) is 0 Å². The summed E-state index contributed by atoms with van der Waals surface area (Å²) in [6.07, 6.45) is 1.20. The van der Waals surface area contributed by atoms with E-state index < -0.39 is 0 Å². The van der Waals surface area contributed by atoms with Gasteiger partial charge in [-0.05, 0) is 19.4 Å². The molecule has 0 heterocycles. The molecule has 1 amide bonds. The van der Waals surface area contributed by atoms with Gasteiger partial charge in [-0.1, -0.05) is 18.2 Å². The van der Waals surface area contributed by atoms with Gasteiger partial charge in [-0.3, -0.25) is 4.79 Å². The first kappa shape index (κ1) is 14.8. The summed E-state index contributed by atoms with van der Waals surface area (Å²) in [6, 6.07) is 7.61. The zero-order valence-corrected chi connectivity index (χ0v) is 11.7. The second-order valence-electron chi connectivity index (χ2n) is 4.00. The lowest BCUT2D eigenvalue weighted by Gasteiger charge is -2.21. The summed E-state index contributed by atoms with van der Waals surface area (Å²) >= 11 is 5.66. The molecule has 1 aromatic rings. The fraction of sp³-hybridized carbons (Fsp3) is 0.500. The molecule has 0 bridgehead atoms. The molecule has 0 fully saturated rings. The lowest BCUT2D eigenvalue weighted by molar-refractivity contribution is -0.130. The van der Waals surface area contributed by atoms with Crippen LogP contribution in [0.1, 0.15) is 18.9 Å². The van der Waals surface area contributed by atoms with Gasteiger partial charge in [0.15, 0.2) is 0 Å². The van der Waals surface area contributed by atoms with Gasteiger partial charge < -0.3 is 9.64 Å². The number of alkyl halides is 1. The monoisotopic (exact) mass is 269 g/mol. The molecular weight excluding hydrogens is 250 g/mol. The Hall–Kier alpha value is -1.22. The van der Waals surface area contributed by atoms with Crippen molar-refractivity contribution in [2.75, 3.05) is 26.1 Å². The lowest BCUT2D eigenvalue weighted by atomic mass is 10.1. The van der Waals surface area contributed by atoms with Crippen molar-refractivity contribution in [1.82, 2.24) is 4.90 Å². The quantitative estimate of drug-likeness (QED) is 0.713. The molecule has 0 radical (unpaired) electrons. The molecule has 0 spiro atoms. The summed E-state index contributed by atoms with van der Waals surface area (Å²) < 4.78 is 5.25. The number of carbonyl (C=O) groups is 1. The third kappa shape index (κ3) is 4.22. The third-order valence-electron chi connectivity index (χ3n) is 2.83. The molecule has 0 aromatic heterocycles. The van der Waals surface area contributed by atoms with Crippen molar-refractivity contribution in [2.24, 2.45) is 0 Å². The molecule has 0 saturated heterocycles. The molecule has 0 aliphatic carbocycles. The normalized spacial score (nSPS) is 10.2. The van der Waals surface area contributed by atoms with Crippen molar-refractivity contribution in [2.45, 2.75) is 19.8 Å². The predicted molar refractivity (Wildman–Crippen MR) is 74.3 cm³/mol. The van der Waals surface area contributed by atoms with Crippen molar-refractivity contribution >= 4 is 17.5 Å². The Bertz CT molecular complexity index is 382. The fourth-order valence-corrected chi connectivity index (χ4v) is 1.95. The number of ether oxygens (including phenoxy) is 1. The van der Waals surface area contributed by atoms with E-state index in [1.807, 2.05) is 36.1 Å². The van der Waals surface area contributed by atoms with Crippen LogP contribution in [-0.2, 0) is 11.2 Å². The number of hydrogen-bond acceptors (Lipinski definition) is 2. The zero-order chi connectivity index (χ0) is 13.4. The number of methoxy groups -OCH3 is 1. The smallest absolute Gasteiger partial charge is 0.227 e. The molecule has 0 N–H and O–H groups in total. The molecule has 0 aliphatic heterocycles. The van der Waals surface area contributed by atoms with E-state index in [0.717, 1.165) is 17.7 Å². The molecule has 0 saturated carbocycles. The van der Waals surface area contributed by atoms with Crippen molar-refractivity contribution in [3.8, 4) is 5.75 Å². The number of amides is 1. The number of halogens is 1. The third-order valence-corrected chi connectivity index (χ3v) is 3.10. The van der Waals surface area contributed by atoms with E-state index in [9.17, 15) is 4.79 Å². The number of likely N-dealkylation sites (N-methyl/N-ethyl adjacent to an activating group) is 1. The Balaban J connectivity index is 2.67. The van der Waals surface area contributed by atoms with Crippen LogP contribution in [0.2, 0.25) is 0 Å². The highest BCUT2D eigenvalue weighted by molar-refractivity contribution is 6.17. The summed E-state index contributed by atoms with van der Waals surface area (Å²) in [7, 11) is 1.62. The van der Waals surface area contributed by atoms with Crippen LogP contribution in [0.4, 0.5) is 0 Å². The summed E-state index contributed by atoms with van der Waals surface area (Å²) in [4.78, 5) is 14.0. The Morgan fingerprint density at radius 2 is 2.11 bits per heavy atom. The molecule has 0 unspecified atom stereocenters. The fourth-order valence-electron chi connectivity index (χ4n) is 1.83. The minimum atomic E-state index is 0.118. The first-order chi connectivity index (χ1) is 8.72. The van der Waals surface area contributed by atoms with E-state index in [1.165, 1.54) is 0 Å². The van der Waals surface area contributed by atoms with E-state index >= 15 is 0 Å². The molecule has 3 nitrogen and oxygen atoms in total. The van der Waals surface area contributed by atoms with E-state index in [0.29, 0.717) is 25.4 Å². The second kappa shape index (κ2) is 7.98. The molecule has 0 atom stereocenters. The average Bonchev–Trinajstić information content (AvgIpc) is 2.40. The number of nitrogens with zero attached hydrogens (tertiary/aromatic N) is 1. The van der Waals surface area contributed by atoms with Crippen LogP contribution in [0.3, 0.4) is 0 Å². The van der Waals surface area contributed by atoms with Gasteiger partial charge in [0.25, 0.3) is 0 Å². The van der Waals surface area contributed by atoms with Crippen LogP contribution in [-0.4, -0.2) is 36.9 Å². The van der Waals surface area contributed by atoms with E-state index in [2.05, 4.69) is 0 Å². The molecule has 1 aromatic carbocycles. The molecular formula is C14H20ClNO2. The van der Waals surface area contributed by atoms with Crippen molar-refractivity contribution in [1.29, 1.82) is 0 Å². The zero-order valence-electron chi connectivity index (χ0n) is 11.0. The number of hydrogen-bond donors (Lipinski definition) is 0. The first-order valence-electron chi connectivity index (χ1n) is 6.18. The van der Waals surface area contributed by atoms with Gasteiger partial charge in [0, 0.05) is 24.5 Å². The van der Waals surface area contributed by atoms with Gasteiger partial charge in [0.1, 0.15) is 5.75 Å². The summed E-state index contributed by atoms with van der Waals surface area (Å²) in [5, 5.41) is 0. The first-order valence-corrected chi connectivity index (χ1v) is 6.72. The van der Waals surface area contributed by atoms with Crippen LogP contribution in [0.5, 0.6) is 5.75 Å². The topological polar surface area (TPSA) is 29.5 Å². The maximum absolute atomic E-state index is 12.1. The van der Waals surface area contributed by atoms with Gasteiger partial charge in [0.05, 0.1) is 13.5 Å². The summed E-state index contributed by atoms with van der Waals surface area (Å²) in [5.74, 6) is 1.46. The van der Waals surface area contributed by atoms with Crippen molar-refractivity contribution in [3.63, 3.8) is 0 Å². The van der Waals surface area contributed by atoms with Gasteiger partial charge in [0.2, 0.25) is 5.91 Å². The minimum Gasteiger partial charge on any atom is -0.496 e. The number of benzene rings is 1. The number of para-hydroxylation sites is 1. The van der Waals surface area contributed by atoms with Crippen LogP contribution in [0.15, 0.2) is 24.3 Å². The highest BCUT2D eigenvalue weighted by atomic mass is 35.5. The standard InChI is InChI=1S/C14H20ClNO2/c1-3-16(10-6-9-15)14(17)11-12-7-4-5-8-13(12)18-2/h4-5,7-8H,3,6,9-11H2,1-2H3. The minimum absolute atomic E-state index is 0.118. The van der Waals surface area contributed by atoms with Gasteiger partial charge in [-0.2, -0.15) is 0 Å². The van der Waals surface area contributed by atoms with E-state index in [4.69, 9.17) is 16.3 Å². The van der Waals surface area contributed by atoms with Gasteiger partial charge >= 0.3 is 0 Å². The van der Waals surface area contributed by atoms with E-state index in [1.54, 1.807) is 7.11 Å². The Morgan fingerprint density at radius 1 is 1.39 bits per heavy atom. The van der Waals surface area contributed by atoms with Crippen molar-refractivity contribution < 1.29 is 9.53 Å². The van der Waals surface area contributed by atoms with Crippen LogP contribution in [0, 0.1) is 0 Å².